The monoisotopic (exact) mass is 282 g/mol. The standard InChI is InChI=1S/C13H19ClN4O/c1-8-2-4-10(5-3-8)16-13(19)9-6-11(14)17-12(7-9)18-15/h6-8,10H,2-5,15H2,1H3,(H,16,19)(H,17,18). The number of anilines is 1. The summed E-state index contributed by atoms with van der Waals surface area (Å²) in [5, 5.41) is 3.29. The zero-order valence-electron chi connectivity index (χ0n) is 10.9. The van der Waals surface area contributed by atoms with E-state index in [9.17, 15) is 4.79 Å². The summed E-state index contributed by atoms with van der Waals surface area (Å²) in [6.45, 7) is 2.25. The van der Waals surface area contributed by atoms with Crippen molar-refractivity contribution in [2.45, 2.75) is 38.6 Å². The molecule has 0 aliphatic heterocycles. The van der Waals surface area contributed by atoms with E-state index in [1.807, 2.05) is 0 Å². The van der Waals surface area contributed by atoms with E-state index in [-0.39, 0.29) is 17.1 Å². The maximum atomic E-state index is 12.1. The first-order valence-corrected chi connectivity index (χ1v) is 6.91. The van der Waals surface area contributed by atoms with Crippen molar-refractivity contribution in [2.24, 2.45) is 11.8 Å². The topological polar surface area (TPSA) is 80.0 Å². The Morgan fingerprint density at radius 3 is 2.68 bits per heavy atom. The minimum absolute atomic E-state index is 0.125. The van der Waals surface area contributed by atoms with E-state index in [1.165, 1.54) is 0 Å². The molecule has 1 amide bonds. The lowest BCUT2D eigenvalue weighted by molar-refractivity contribution is 0.0923. The number of hydrazine groups is 1. The number of rotatable bonds is 3. The number of aromatic nitrogens is 1. The molecule has 4 N–H and O–H groups in total. The molecule has 0 aromatic carbocycles. The van der Waals surface area contributed by atoms with E-state index >= 15 is 0 Å². The smallest absolute Gasteiger partial charge is 0.251 e. The fourth-order valence-electron chi connectivity index (χ4n) is 2.38. The Hall–Kier alpha value is -1.33. The molecule has 6 heteroatoms. The van der Waals surface area contributed by atoms with Crippen molar-refractivity contribution in [2.75, 3.05) is 5.43 Å². The van der Waals surface area contributed by atoms with Crippen molar-refractivity contribution in [1.29, 1.82) is 0 Å². The number of carbonyl (C=O) groups is 1. The van der Waals surface area contributed by atoms with Gasteiger partial charge in [-0.05, 0) is 43.7 Å². The van der Waals surface area contributed by atoms with Gasteiger partial charge in [0.2, 0.25) is 0 Å². The number of nitrogens with two attached hydrogens (primary N) is 1. The van der Waals surface area contributed by atoms with E-state index in [2.05, 4.69) is 22.7 Å². The lowest BCUT2D eigenvalue weighted by Crippen LogP contribution is -2.37. The van der Waals surface area contributed by atoms with Crippen LogP contribution >= 0.6 is 11.6 Å². The van der Waals surface area contributed by atoms with Gasteiger partial charge in [0.15, 0.2) is 0 Å². The van der Waals surface area contributed by atoms with Gasteiger partial charge in [-0.2, -0.15) is 0 Å². The maximum absolute atomic E-state index is 12.1. The second kappa shape index (κ2) is 6.21. The van der Waals surface area contributed by atoms with Crippen LogP contribution in [0, 0.1) is 5.92 Å². The lowest BCUT2D eigenvalue weighted by atomic mass is 9.87. The van der Waals surface area contributed by atoms with Crippen LogP contribution in [0.3, 0.4) is 0 Å². The molecule has 5 nitrogen and oxygen atoms in total. The Bertz CT molecular complexity index is 458. The summed E-state index contributed by atoms with van der Waals surface area (Å²) in [5.41, 5.74) is 2.88. The summed E-state index contributed by atoms with van der Waals surface area (Å²) in [6.07, 6.45) is 4.40. The number of halogens is 1. The summed E-state index contributed by atoms with van der Waals surface area (Å²) in [7, 11) is 0. The number of pyridine rings is 1. The van der Waals surface area contributed by atoms with Crippen LogP contribution in [0.1, 0.15) is 43.0 Å². The summed E-state index contributed by atoms with van der Waals surface area (Å²) < 4.78 is 0. The number of hydrogen-bond acceptors (Lipinski definition) is 4. The van der Waals surface area contributed by atoms with Crippen molar-refractivity contribution in [3.05, 3.63) is 22.8 Å². The number of nitrogens with one attached hydrogen (secondary N) is 2. The van der Waals surface area contributed by atoms with Crippen molar-refractivity contribution in [3.8, 4) is 0 Å². The van der Waals surface area contributed by atoms with Crippen molar-refractivity contribution in [1.82, 2.24) is 10.3 Å². The van der Waals surface area contributed by atoms with Crippen LogP contribution in [0.2, 0.25) is 5.15 Å². The van der Waals surface area contributed by atoms with E-state index < -0.39 is 0 Å². The van der Waals surface area contributed by atoms with Gasteiger partial charge in [0.25, 0.3) is 5.91 Å². The van der Waals surface area contributed by atoms with Gasteiger partial charge >= 0.3 is 0 Å². The summed E-state index contributed by atoms with van der Waals surface area (Å²) in [5.74, 6) is 6.30. The molecule has 2 rings (SSSR count). The molecule has 0 spiro atoms. The van der Waals surface area contributed by atoms with Crippen LogP contribution in [-0.4, -0.2) is 16.9 Å². The fraction of sp³-hybridized carbons (Fsp3) is 0.538. The third kappa shape index (κ3) is 3.81. The number of nitrogen functional groups attached to an aromatic ring is 1. The Morgan fingerprint density at radius 2 is 2.05 bits per heavy atom. The molecule has 1 aliphatic rings. The van der Waals surface area contributed by atoms with Gasteiger partial charge in [0, 0.05) is 11.6 Å². The fourth-order valence-corrected chi connectivity index (χ4v) is 2.58. The molecular formula is C13H19ClN4O. The molecule has 1 fully saturated rings. The van der Waals surface area contributed by atoms with Gasteiger partial charge in [-0.1, -0.05) is 18.5 Å². The lowest BCUT2D eigenvalue weighted by Gasteiger charge is -2.26. The molecule has 0 atom stereocenters. The van der Waals surface area contributed by atoms with Crippen LogP contribution in [0.15, 0.2) is 12.1 Å². The molecule has 1 saturated carbocycles. The normalized spacial score (nSPS) is 22.9. The van der Waals surface area contributed by atoms with Crippen LogP contribution < -0.4 is 16.6 Å². The Kier molecular flexibility index (Phi) is 4.61. The van der Waals surface area contributed by atoms with Crippen LogP contribution in [0.25, 0.3) is 0 Å². The average molecular weight is 283 g/mol. The third-order valence-corrected chi connectivity index (χ3v) is 3.75. The Morgan fingerprint density at radius 1 is 1.37 bits per heavy atom. The van der Waals surface area contributed by atoms with Gasteiger partial charge in [0.05, 0.1) is 0 Å². The first-order chi connectivity index (χ1) is 9.08. The van der Waals surface area contributed by atoms with E-state index in [1.54, 1.807) is 12.1 Å². The number of carbonyl (C=O) groups excluding carboxylic acids is 1. The highest BCUT2D eigenvalue weighted by atomic mass is 35.5. The predicted octanol–water partition coefficient (Wildman–Crippen LogP) is 2.33. The molecular weight excluding hydrogens is 264 g/mol. The highest BCUT2D eigenvalue weighted by molar-refractivity contribution is 6.29. The van der Waals surface area contributed by atoms with Crippen LogP contribution in [-0.2, 0) is 0 Å². The summed E-state index contributed by atoms with van der Waals surface area (Å²) in [4.78, 5) is 16.1. The first-order valence-electron chi connectivity index (χ1n) is 6.53. The summed E-state index contributed by atoms with van der Waals surface area (Å²) >= 11 is 5.85. The van der Waals surface area contributed by atoms with Gasteiger partial charge in [-0.25, -0.2) is 10.8 Å². The first kappa shape index (κ1) is 14.1. The molecule has 0 bridgehead atoms. The van der Waals surface area contributed by atoms with E-state index in [0.717, 1.165) is 31.6 Å². The quantitative estimate of drug-likeness (QED) is 0.452. The second-order valence-electron chi connectivity index (χ2n) is 5.14. The molecule has 0 saturated heterocycles. The van der Waals surface area contributed by atoms with Gasteiger partial charge < -0.3 is 10.7 Å². The highest BCUT2D eigenvalue weighted by Gasteiger charge is 2.20. The third-order valence-electron chi connectivity index (χ3n) is 3.56. The molecule has 1 aliphatic carbocycles. The largest absolute Gasteiger partial charge is 0.349 e. The summed E-state index contributed by atoms with van der Waals surface area (Å²) in [6, 6.07) is 3.39. The molecule has 1 aromatic rings. The van der Waals surface area contributed by atoms with Crippen molar-refractivity contribution in [3.63, 3.8) is 0 Å². The minimum Gasteiger partial charge on any atom is -0.349 e. The van der Waals surface area contributed by atoms with E-state index in [4.69, 9.17) is 17.4 Å². The molecule has 19 heavy (non-hydrogen) atoms. The Balaban J connectivity index is 2.01. The van der Waals surface area contributed by atoms with Crippen molar-refractivity contribution >= 4 is 23.3 Å². The zero-order chi connectivity index (χ0) is 13.8. The van der Waals surface area contributed by atoms with Gasteiger partial charge in [-0.15, -0.1) is 0 Å². The Labute approximate surface area is 117 Å². The molecule has 104 valence electrons. The second-order valence-corrected chi connectivity index (χ2v) is 5.53. The number of nitrogens with zero attached hydrogens (tertiary/aromatic N) is 1. The van der Waals surface area contributed by atoms with Gasteiger partial charge in [-0.3, -0.25) is 4.79 Å². The van der Waals surface area contributed by atoms with Gasteiger partial charge in [0.1, 0.15) is 11.0 Å². The molecule has 1 aromatic heterocycles. The predicted molar refractivity (Wildman–Crippen MR) is 75.9 cm³/mol. The maximum Gasteiger partial charge on any atom is 0.251 e. The van der Waals surface area contributed by atoms with E-state index in [0.29, 0.717) is 11.4 Å². The number of amides is 1. The molecule has 1 heterocycles. The van der Waals surface area contributed by atoms with Crippen LogP contribution in [0.4, 0.5) is 5.82 Å². The SMILES string of the molecule is CC1CCC(NC(=O)c2cc(Cl)nc(NN)c2)CC1. The molecule has 0 unspecified atom stereocenters. The minimum atomic E-state index is -0.125. The molecule has 0 radical (unpaired) electrons. The number of hydrogen-bond donors (Lipinski definition) is 3. The highest BCUT2D eigenvalue weighted by Crippen LogP contribution is 2.24. The zero-order valence-corrected chi connectivity index (χ0v) is 11.7. The van der Waals surface area contributed by atoms with Crippen molar-refractivity contribution < 1.29 is 4.79 Å². The average Bonchev–Trinajstić information content (AvgIpc) is 2.40. The van der Waals surface area contributed by atoms with Crippen LogP contribution in [0.5, 0.6) is 0 Å².